The van der Waals surface area contributed by atoms with E-state index in [4.69, 9.17) is 0 Å². The maximum Gasteiger partial charge on any atom is -0.0319 e. The van der Waals surface area contributed by atoms with Crippen LogP contribution >= 0.6 is 0 Å². The molecule has 1 aliphatic rings. The molecule has 0 aromatic heterocycles. The van der Waals surface area contributed by atoms with E-state index >= 15 is 0 Å². The van der Waals surface area contributed by atoms with Gasteiger partial charge in [-0.1, -0.05) is 44.3 Å². The first-order chi connectivity index (χ1) is 6.00. The van der Waals surface area contributed by atoms with E-state index in [0.29, 0.717) is 0 Å². The molecule has 1 rings (SSSR count). The summed E-state index contributed by atoms with van der Waals surface area (Å²) >= 11 is 0. The second-order valence-electron chi connectivity index (χ2n) is 3.69. The maximum atomic E-state index is 2.41. The zero-order valence-corrected chi connectivity index (χ0v) is 8.10. The number of hydrogen-bond acceptors (Lipinski definition) is 0. The lowest BCUT2D eigenvalue weighted by Crippen LogP contribution is -1.83. The van der Waals surface area contributed by atoms with E-state index in [1.165, 1.54) is 57.8 Å². The summed E-state index contributed by atoms with van der Waals surface area (Å²) < 4.78 is 0. The Morgan fingerprint density at radius 1 is 0.583 bits per heavy atom. The van der Waals surface area contributed by atoms with Crippen LogP contribution < -0.4 is 0 Å². The van der Waals surface area contributed by atoms with Gasteiger partial charge < -0.3 is 0 Å². The number of rotatable bonds is 0. The molecule has 69 valence electrons. The summed E-state index contributed by atoms with van der Waals surface area (Å²) in [5.41, 5.74) is 0. The molecule has 0 amide bonds. The molecular formula is C12H21. The fraction of sp³-hybridized carbons (Fsp3) is 0.750. The average molecular weight is 165 g/mol. The largest absolute Gasteiger partial charge is 0.0885 e. The topological polar surface area (TPSA) is 0 Å². The summed E-state index contributed by atoms with van der Waals surface area (Å²) in [5, 5.41) is 0. The SMILES string of the molecule is [CH]1C/C=C\CCCCCCCC1. The van der Waals surface area contributed by atoms with Crippen LogP contribution in [0.2, 0.25) is 0 Å². The second kappa shape index (κ2) is 7.39. The summed E-state index contributed by atoms with van der Waals surface area (Å²) in [6, 6.07) is 0. The highest BCUT2D eigenvalue weighted by molar-refractivity contribution is 4.86. The van der Waals surface area contributed by atoms with Gasteiger partial charge in [-0.2, -0.15) is 0 Å². The zero-order chi connectivity index (χ0) is 8.49. The molecule has 1 aliphatic carbocycles. The molecule has 12 heavy (non-hydrogen) atoms. The lowest BCUT2D eigenvalue weighted by atomic mass is 10.0. The summed E-state index contributed by atoms with van der Waals surface area (Å²) in [5.74, 6) is 0. The molecule has 0 aromatic rings. The van der Waals surface area contributed by atoms with Crippen LogP contribution in [0, 0.1) is 6.42 Å². The predicted molar refractivity (Wildman–Crippen MR) is 55.0 cm³/mol. The molecule has 0 bridgehead atoms. The van der Waals surface area contributed by atoms with Crippen LogP contribution in [0.15, 0.2) is 12.2 Å². The predicted octanol–water partition coefficient (Wildman–Crippen LogP) is 4.27. The Hall–Kier alpha value is -0.260. The average Bonchev–Trinajstić information content (AvgIpc) is 2.05. The van der Waals surface area contributed by atoms with E-state index < -0.39 is 0 Å². The lowest BCUT2D eigenvalue weighted by Gasteiger charge is -2.02. The number of hydrogen-bond donors (Lipinski definition) is 0. The van der Waals surface area contributed by atoms with Gasteiger partial charge in [0.25, 0.3) is 0 Å². The third-order valence-corrected chi connectivity index (χ3v) is 2.50. The lowest BCUT2D eigenvalue weighted by molar-refractivity contribution is 0.591. The van der Waals surface area contributed by atoms with Gasteiger partial charge in [0.2, 0.25) is 0 Å². The van der Waals surface area contributed by atoms with E-state index in [9.17, 15) is 0 Å². The molecule has 0 N–H and O–H groups in total. The third-order valence-electron chi connectivity index (χ3n) is 2.50. The molecule has 0 aromatic carbocycles. The van der Waals surface area contributed by atoms with E-state index in [1.54, 1.807) is 0 Å². The summed E-state index contributed by atoms with van der Waals surface area (Å²) in [7, 11) is 0. The molecule has 0 saturated carbocycles. The molecule has 0 heterocycles. The van der Waals surface area contributed by atoms with Gasteiger partial charge in [-0.25, -0.2) is 0 Å². The molecule has 0 heteroatoms. The Kier molecular flexibility index (Phi) is 6.05. The van der Waals surface area contributed by atoms with Crippen molar-refractivity contribution in [2.45, 2.75) is 57.8 Å². The molecule has 0 atom stereocenters. The van der Waals surface area contributed by atoms with Crippen molar-refractivity contribution in [3.8, 4) is 0 Å². The normalized spacial score (nSPS) is 25.3. The quantitative estimate of drug-likeness (QED) is 0.470. The van der Waals surface area contributed by atoms with E-state index in [1.807, 2.05) is 0 Å². The van der Waals surface area contributed by atoms with E-state index in [0.717, 1.165) is 0 Å². The van der Waals surface area contributed by atoms with E-state index in [-0.39, 0.29) is 0 Å². The molecular weight excluding hydrogens is 144 g/mol. The van der Waals surface area contributed by atoms with E-state index in [2.05, 4.69) is 18.6 Å². The number of allylic oxidation sites excluding steroid dienone is 2. The van der Waals surface area contributed by atoms with Crippen LogP contribution in [0.25, 0.3) is 0 Å². The third kappa shape index (κ3) is 5.40. The van der Waals surface area contributed by atoms with Gasteiger partial charge in [-0.15, -0.1) is 0 Å². The Bertz CT molecular complexity index is 99.2. The van der Waals surface area contributed by atoms with Gasteiger partial charge in [0.1, 0.15) is 0 Å². The van der Waals surface area contributed by atoms with Crippen molar-refractivity contribution >= 4 is 0 Å². The van der Waals surface area contributed by atoms with Crippen molar-refractivity contribution in [1.29, 1.82) is 0 Å². The fourth-order valence-corrected chi connectivity index (χ4v) is 1.69. The molecule has 0 spiro atoms. The highest BCUT2D eigenvalue weighted by Gasteiger charge is 1.92. The smallest absolute Gasteiger partial charge is 0.0319 e. The standard InChI is InChI=1S/C12H21/c1-2-4-6-8-10-12-11-9-7-5-3-1/h1-2,5H,3-4,6-12H2/b2-1-. The summed E-state index contributed by atoms with van der Waals surface area (Å²) in [6.45, 7) is 0. The second-order valence-corrected chi connectivity index (χ2v) is 3.69. The molecule has 0 unspecified atom stereocenters. The molecule has 0 saturated heterocycles. The molecule has 0 nitrogen and oxygen atoms in total. The highest BCUT2D eigenvalue weighted by Crippen LogP contribution is 2.12. The van der Waals surface area contributed by atoms with Crippen molar-refractivity contribution in [2.75, 3.05) is 0 Å². The Morgan fingerprint density at radius 2 is 1.25 bits per heavy atom. The van der Waals surface area contributed by atoms with Crippen LogP contribution in [-0.4, -0.2) is 0 Å². The molecule has 0 fully saturated rings. The minimum atomic E-state index is 1.19. The van der Waals surface area contributed by atoms with Crippen molar-refractivity contribution in [2.24, 2.45) is 0 Å². The van der Waals surface area contributed by atoms with Crippen LogP contribution in [0.4, 0.5) is 0 Å². The van der Waals surface area contributed by atoms with Gasteiger partial charge in [0.05, 0.1) is 0 Å². The molecule has 0 aliphatic heterocycles. The minimum Gasteiger partial charge on any atom is -0.0885 e. The van der Waals surface area contributed by atoms with Crippen LogP contribution in [0.5, 0.6) is 0 Å². The van der Waals surface area contributed by atoms with Crippen molar-refractivity contribution in [3.63, 3.8) is 0 Å². The Balaban J connectivity index is 2.10. The maximum absolute atomic E-state index is 2.41. The Labute approximate surface area is 77.1 Å². The first-order valence-corrected chi connectivity index (χ1v) is 5.47. The van der Waals surface area contributed by atoms with Gasteiger partial charge in [-0.3, -0.25) is 0 Å². The minimum absolute atomic E-state index is 1.19. The zero-order valence-electron chi connectivity index (χ0n) is 8.10. The van der Waals surface area contributed by atoms with Crippen molar-refractivity contribution in [3.05, 3.63) is 18.6 Å². The van der Waals surface area contributed by atoms with Gasteiger partial charge in [0, 0.05) is 0 Å². The van der Waals surface area contributed by atoms with Crippen molar-refractivity contribution in [1.82, 2.24) is 0 Å². The monoisotopic (exact) mass is 165 g/mol. The van der Waals surface area contributed by atoms with Crippen molar-refractivity contribution < 1.29 is 0 Å². The fourth-order valence-electron chi connectivity index (χ4n) is 1.69. The Morgan fingerprint density at radius 3 is 2.08 bits per heavy atom. The van der Waals surface area contributed by atoms with Gasteiger partial charge in [-0.05, 0) is 32.1 Å². The van der Waals surface area contributed by atoms with Crippen LogP contribution in [0.3, 0.4) is 0 Å². The first kappa shape index (κ1) is 9.83. The van der Waals surface area contributed by atoms with Gasteiger partial charge >= 0.3 is 0 Å². The first-order valence-electron chi connectivity index (χ1n) is 5.47. The summed E-state index contributed by atoms with van der Waals surface area (Å²) in [6.07, 6.45) is 19.5. The van der Waals surface area contributed by atoms with Crippen LogP contribution in [-0.2, 0) is 0 Å². The van der Waals surface area contributed by atoms with Crippen LogP contribution in [0.1, 0.15) is 57.8 Å². The molecule has 1 radical (unpaired) electrons. The summed E-state index contributed by atoms with van der Waals surface area (Å²) in [4.78, 5) is 0. The van der Waals surface area contributed by atoms with Gasteiger partial charge in [0.15, 0.2) is 0 Å². The highest BCUT2D eigenvalue weighted by atomic mass is 14.0.